The van der Waals surface area contributed by atoms with Crippen LogP contribution in [0.4, 0.5) is 18.0 Å². The van der Waals surface area contributed by atoms with E-state index >= 15 is 0 Å². The number of hydrogen-bond acceptors (Lipinski definition) is 3. The van der Waals surface area contributed by atoms with Gasteiger partial charge in [0, 0.05) is 12.2 Å². The van der Waals surface area contributed by atoms with Crippen molar-refractivity contribution in [3.05, 3.63) is 18.0 Å². The van der Waals surface area contributed by atoms with Crippen molar-refractivity contribution in [1.82, 2.24) is 15.1 Å². The molecule has 1 aromatic rings. The Labute approximate surface area is 120 Å². The van der Waals surface area contributed by atoms with Crippen LogP contribution < -0.4 is 5.32 Å². The van der Waals surface area contributed by atoms with Gasteiger partial charge in [0.1, 0.15) is 5.60 Å². The summed E-state index contributed by atoms with van der Waals surface area (Å²) in [6, 6.07) is -0.218. The van der Waals surface area contributed by atoms with Crippen molar-refractivity contribution in [2.24, 2.45) is 0 Å². The van der Waals surface area contributed by atoms with Crippen molar-refractivity contribution in [2.75, 3.05) is 0 Å². The second-order valence-electron chi connectivity index (χ2n) is 6.18. The molecule has 1 fully saturated rings. The Hall–Kier alpha value is -1.73. The number of ether oxygens (including phenoxy) is 1. The number of aromatic nitrogens is 2. The minimum Gasteiger partial charge on any atom is -0.444 e. The topological polar surface area (TPSA) is 56.1 Å². The molecule has 1 aliphatic rings. The second kappa shape index (κ2) is 5.23. The van der Waals surface area contributed by atoms with Gasteiger partial charge < -0.3 is 10.1 Å². The van der Waals surface area contributed by atoms with Crippen LogP contribution in [-0.2, 0) is 10.9 Å². The van der Waals surface area contributed by atoms with Gasteiger partial charge in [-0.2, -0.15) is 18.3 Å². The van der Waals surface area contributed by atoms with Gasteiger partial charge in [-0.05, 0) is 33.6 Å². The van der Waals surface area contributed by atoms with Crippen LogP contribution in [0, 0.1) is 0 Å². The van der Waals surface area contributed by atoms with Gasteiger partial charge in [0.05, 0.1) is 17.8 Å². The molecular formula is C13H18F3N3O2. The van der Waals surface area contributed by atoms with Gasteiger partial charge in [0.2, 0.25) is 0 Å². The summed E-state index contributed by atoms with van der Waals surface area (Å²) < 4.78 is 43.8. The SMILES string of the molecule is CC(C)(C)OC(=O)NC1CC(n2cc(C(F)(F)F)cn2)C1. The van der Waals surface area contributed by atoms with E-state index in [9.17, 15) is 18.0 Å². The number of hydrogen-bond donors (Lipinski definition) is 1. The molecule has 0 bridgehead atoms. The van der Waals surface area contributed by atoms with E-state index in [1.54, 1.807) is 20.8 Å². The Bertz CT molecular complexity index is 513. The summed E-state index contributed by atoms with van der Waals surface area (Å²) in [6.45, 7) is 5.29. The number of nitrogens with zero attached hydrogens (tertiary/aromatic N) is 2. The van der Waals surface area contributed by atoms with Gasteiger partial charge in [-0.1, -0.05) is 0 Å². The van der Waals surface area contributed by atoms with E-state index in [1.807, 2.05) is 0 Å². The zero-order chi connectivity index (χ0) is 15.8. The fourth-order valence-corrected chi connectivity index (χ4v) is 2.08. The molecule has 0 radical (unpaired) electrons. The van der Waals surface area contributed by atoms with Gasteiger partial charge in [-0.25, -0.2) is 4.79 Å². The van der Waals surface area contributed by atoms with Gasteiger partial charge in [-0.15, -0.1) is 0 Å². The molecule has 1 amide bonds. The number of rotatable bonds is 2. The van der Waals surface area contributed by atoms with Crippen LogP contribution in [0.3, 0.4) is 0 Å². The van der Waals surface area contributed by atoms with E-state index in [1.165, 1.54) is 4.68 Å². The summed E-state index contributed by atoms with van der Waals surface area (Å²) in [6.07, 6.45) is -2.00. The summed E-state index contributed by atoms with van der Waals surface area (Å²) in [5, 5.41) is 6.42. The molecule has 1 aliphatic carbocycles. The quantitative estimate of drug-likeness (QED) is 0.913. The van der Waals surface area contributed by atoms with Crippen molar-refractivity contribution in [3.8, 4) is 0 Å². The first-order chi connectivity index (χ1) is 9.54. The first kappa shape index (κ1) is 15.7. The highest BCUT2D eigenvalue weighted by molar-refractivity contribution is 5.68. The molecular weight excluding hydrogens is 287 g/mol. The van der Waals surface area contributed by atoms with Crippen molar-refractivity contribution >= 4 is 6.09 Å². The van der Waals surface area contributed by atoms with Crippen LogP contribution >= 0.6 is 0 Å². The molecule has 8 heteroatoms. The maximum absolute atomic E-state index is 12.5. The number of alkyl carbamates (subject to hydrolysis) is 1. The molecule has 0 unspecified atom stereocenters. The maximum Gasteiger partial charge on any atom is 0.419 e. The summed E-state index contributed by atoms with van der Waals surface area (Å²) >= 11 is 0. The predicted octanol–water partition coefficient (Wildman–Crippen LogP) is 3.13. The maximum atomic E-state index is 12.5. The fraction of sp³-hybridized carbons (Fsp3) is 0.692. The molecule has 118 valence electrons. The van der Waals surface area contributed by atoms with Crippen LogP contribution in [0.25, 0.3) is 0 Å². The first-order valence-electron chi connectivity index (χ1n) is 6.65. The number of nitrogens with one attached hydrogen (secondary N) is 1. The first-order valence-corrected chi connectivity index (χ1v) is 6.65. The lowest BCUT2D eigenvalue weighted by molar-refractivity contribution is -0.137. The van der Waals surface area contributed by atoms with Crippen LogP contribution in [0.15, 0.2) is 12.4 Å². The van der Waals surface area contributed by atoms with Gasteiger partial charge in [0.15, 0.2) is 0 Å². The predicted molar refractivity (Wildman–Crippen MR) is 68.7 cm³/mol. The lowest BCUT2D eigenvalue weighted by Crippen LogP contribution is -2.46. The van der Waals surface area contributed by atoms with Gasteiger partial charge >= 0.3 is 12.3 Å². The Kier molecular flexibility index (Phi) is 3.90. The van der Waals surface area contributed by atoms with Crippen molar-refractivity contribution in [1.29, 1.82) is 0 Å². The normalized spacial score (nSPS) is 22.6. The second-order valence-corrected chi connectivity index (χ2v) is 6.18. The number of carbonyl (C=O) groups excluding carboxylic acids is 1. The summed E-state index contributed by atoms with van der Waals surface area (Å²) in [5.41, 5.74) is -1.33. The summed E-state index contributed by atoms with van der Waals surface area (Å²) in [4.78, 5) is 11.5. The lowest BCUT2D eigenvalue weighted by Gasteiger charge is -2.36. The molecule has 0 spiro atoms. The van der Waals surface area contributed by atoms with Gasteiger partial charge in [-0.3, -0.25) is 4.68 Å². The number of halogens is 3. The molecule has 0 aliphatic heterocycles. The van der Waals surface area contributed by atoms with Gasteiger partial charge in [0.25, 0.3) is 0 Å². The smallest absolute Gasteiger partial charge is 0.419 e. The van der Waals surface area contributed by atoms with E-state index in [2.05, 4.69) is 10.4 Å². The third-order valence-electron chi connectivity index (χ3n) is 3.14. The highest BCUT2D eigenvalue weighted by Crippen LogP contribution is 2.34. The number of carbonyl (C=O) groups is 1. The molecule has 1 saturated carbocycles. The Balaban J connectivity index is 1.82. The molecule has 0 atom stereocenters. The monoisotopic (exact) mass is 305 g/mol. The minimum atomic E-state index is -4.38. The van der Waals surface area contributed by atoms with E-state index in [4.69, 9.17) is 4.74 Å². The Morgan fingerprint density at radius 3 is 2.48 bits per heavy atom. The Morgan fingerprint density at radius 1 is 1.38 bits per heavy atom. The zero-order valence-electron chi connectivity index (χ0n) is 12.1. The molecule has 0 aromatic carbocycles. The third kappa shape index (κ3) is 4.12. The third-order valence-corrected chi connectivity index (χ3v) is 3.14. The molecule has 1 heterocycles. The van der Waals surface area contributed by atoms with Crippen molar-refractivity contribution in [3.63, 3.8) is 0 Å². The highest BCUT2D eigenvalue weighted by atomic mass is 19.4. The Morgan fingerprint density at radius 2 is 2.00 bits per heavy atom. The number of amides is 1. The van der Waals surface area contributed by atoms with Crippen LogP contribution in [0.5, 0.6) is 0 Å². The highest BCUT2D eigenvalue weighted by Gasteiger charge is 2.36. The number of alkyl halides is 3. The molecule has 0 saturated heterocycles. The van der Waals surface area contributed by atoms with E-state index < -0.39 is 23.4 Å². The molecule has 2 rings (SSSR count). The molecule has 1 aromatic heterocycles. The molecule has 21 heavy (non-hydrogen) atoms. The standard InChI is InChI=1S/C13H18F3N3O2/c1-12(2,3)21-11(20)18-9-4-10(5-9)19-7-8(6-17-19)13(14,15)16/h6-7,9-10H,4-5H2,1-3H3,(H,18,20). The summed E-state index contributed by atoms with van der Waals surface area (Å²) in [5.74, 6) is 0. The van der Waals surface area contributed by atoms with Crippen LogP contribution in [0.1, 0.15) is 45.2 Å². The average molecular weight is 305 g/mol. The van der Waals surface area contributed by atoms with Crippen molar-refractivity contribution in [2.45, 2.75) is 57.5 Å². The van der Waals surface area contributed by atoms with Crippen LogP contribution in [-0.4, -0.2) is 27.5 Å². The van der Waals surface area contributed by atoms with E-state index in [-0.39, 0.29) is 12.1 Å². The zero-order valence-corrected chi connectivity index (χ0v) is 12.1. The van der Waals surface area contributed by atoms with Crippen LogP contribution in [0.2, 0.25) is 0 Å². The average Bonchev–Trinajstić information content (AvgIpc) is 2.68. The van der Waals surface area contributed by atoms with E-state index in [0.717, 1.165) is 12.4 Å². The lowest BCUT2D eigenvalue weighted by atomic mass is 9.87. The molecule has 1 N–H and O–H groups in total. The van der Waals surface area contributed by atoms with E-state index in [0.29, 0.717) is 12.8 Å². The van der Waals surface area contributed by atoms with Crippen molar-refractivity contribution < 1.29 is 22.7 Å². The largest absolute Gasteiger partial charge is 0.444 e. The molecule has 5 nitrogen and oxygen atoms in total. The summed E-state index contributed by atoms with van der Waals surface area (Å²) in [7, 11) is 0. The fourth-order valence-electron chi connectivity index (χ4n) is 2.08. The minimum absolute atomic E-state index is 0.0941.